The molecule has 0 radical (unpaired) electrons. The smallest absolute Gasteiger partial charge is 0.199 e. The number of carbonyl (C=O) groups excluding carboxylic acids is 2. The fraction of sp³-hybridized carbons (Fsp3) is 0.462. The van der Waals surface area contributed by atoms with E-state index in [1.807, 2.05) is 0 Å². The van der Waals surface area contributed by atoms with Gasteiger partial charge in [0, 0.05) is 36.7 Å². The van der Waals surface area contributed by atoms with Gasteiger partial charge in [0.05, 0.1) is 46.8 Å². The molecule has 36 heavy (non-hydrogen) atoms. The van der Waals surface area contributed by atoms with Crippen molar-refractivity contribution >= 4 is 34.3 Å². The summed E-state index contributed by atoms with van der Waals surface area (Å²) in [7, 11) is 0. The molecule has 0 spiro atoms. The minimum atomic E-state index is -0.567. The van der Waals surface area contributed by atoms with Crippen LogP contribution in [0.25, 0.3) is 0 Å². The second-order valence-electron chi connectivity index (χ2n) is 8.54. The van der Waals surface area contributed by atoms with Crippen molar-refractivity contribution < 1.29 is 28.5 Å². The lowest BCUT2D eigenvalue weighted by atomic mass is 9.80. The number of anilines is 4. The number of hydrogen-bond acceptors (Lipinski definition) is 10. The van der Waals surface area contributed by atoms with Crippen LogP contribution in [-0.2, 0) is 9.47 Å². The SMILES string of the molecule is CCCCOCCOc1cc(N)c2c(c1N)C(=O)c1c(N)c(OCCOCCCC)cc(N)c1C2=O. The second kappa shape index (κ2) is 12.5. The average Bonchev–Trinajstić information content (AvgIpc) is 2.85. The molecule has 0 atom stereocenters. The van der Waals surface area contributed by atoms with Gasteiger partial charge >= 0.3 is 0 Å². The Morgan fingerprint density at radius 3 is 1.36 bits per heavy atom. The Morgan fingerprint density at radius 2 is 0.972 bits per heavy atom. The zero-order valence-corrected chi connectivity index (χ0v) is 21.0. The first-order chi connectivity index (χ1) is 17.3. The molecule has 3 rings (SSSR count). The molecule has 10 heteroatoms. The third-order valence-corrected chi connectivity index (χ3v) is 5.88. The van der Waals surface area contributed by atoms with Crippen molar-refractivity contribution in [2.75, 3.05) is 62.6 Å². The molecular weight excluding hydrogens is 464 g/mol. The van der Waals surface area contributed by atoms with Crippen molar-refractivity contribution in [3.63, 3.8) is 0 Å². The highest BCUT2D eigenvalue weighted by atomic mass is 16.5. The minimum absolute atomic E-state index is 0.00498. The Hall–Kier alpha value is -3.50. The molecule has 8 N–H and O–H groups in total. The summed E-state index contributed by atoms with van der Waals surface area (Å²) in [5.74, 6) is -0.713. The Morgan fingerprint density at radius 1 is 0.583 bits per heavy atom. The molecule has 2 aromatic carbocycles. The van der Waals surface area contributed by atoms with Crippen molar-refractivity contribution in [3.8, 4) is 11.5 Å². The predicted molar refractivity (Wildman–Crippen MR) is 140 cm³/mol. The van der Waals surface area contributed by atoms with Gasteiger partial charge in [-0.25, -0.2) is 0 Å². The lowest BCUT2D eigenvalue weighted by Crippen LogP contribution is -2.27. The molecule has 0 bridgehead atoms. The van der Waals surface area contributed by atoms with Gasteiger partial charge < -0.3 is 41.9 Å². The summed E-state index contributed by atoms with van der Waals surface area (Å²) in [6, 6.07) is 2.87. The molecule has 10 nitrogen and oxygen atoms in total. The van der Waals surface area contributed by atoms with Gasteiger partial charge in [-0.15, -0.1) is 0 Å². The molecule has 0 fully saturated rings. The van der Waals surface area contributed by atoms with E-state index in [1.165, 1.54) is 12.1 Å². The first-order valence-corrected chi connectivity index (χ1v) is 12.3. The molecule has 0 aliphatic heterocycles. The second-order valence-corrected chi connectivity index (χ2v) is 8.54. The summed E-state index contributed by atoms with van der Waals surface area (Å²) in [4.78, 5) is 27.0. The van der Waals surface area contributed by atoms with Crippen LogP contribution in [0.15, 0.2) is 12.1 Å². The number of fused-ring (bicyclic) bond motifs is 2. The van der Waals surface area contributed by atoms with Crippen molar-refractivity contribution in [3.05, 3.63) is 34.4 Å². The van der Waals surface area contributed by atoms with Crippen LogP contribution in [0.3, 0.4) is 0 Å². The molecule has 0 heterocycles. The molecule has 1 aliphatic carbocycles. The molecular formula is C26H36N4O6. The van der Waals surface area contributed by atoms with Crippen LogP contribution >= 0.6 is 0 Å². The van der Waals surface area contributed by atoms with Gasteiger partial charge in [0.25, 0.3) is 0 Å². The van der Waals surface area contributed by atoms with E-state index < -0.39 is 11.6 Å². The molecule has 1 aliphatic rings. The number of hydrogen-bond donors (Lipinski definition) is 4. The van der Waals surface area contributed by atoms with Gasteiger partial charge in [0.15, 0.2) is 11.6 Å². The quantitative estimate of drug-likeness (QED) is 0.190. The van der Waals surface area contributed by atoms with Crippen molar-refractivity contribution in [2.24, 2.45) is 0 Å². The summed E-state index contributed by atoms with van der Waals surface area (Å²) in [5.41, 5.74) is 24.9. The van der Waals surface area contributed by atoms with Gasteiger partial charge in [-0.1, -0.05) is 26.7 Å². The molecule has 0 amide bonds. The predicted octanol–water partition coefficient (Wildman–Crippen LogP) is 3.18. The van der Waals surface area contributed by atoms with E-state index in [-0.39, 0.29) is 69.7 Å². The monoisotopic (exact) mass is 500 g/mol. The number of benzene rings is 2. The lowest BCUT2D eigenvalue weighted by Gasteiger charge is -2.25. The number of ether oxygens (including phenoxy) is 4. The number of carbonyl (C=O) groups is 2. The summed E-state index contributed by atoms with van der Waals surface area (Å²) in [5, 5.41) is 0. The fourth-order valence-electron chi connectivity index (χ4n) is 3.95. The van der Waals surface area contributed by atoms with Crippen LogP contribution in [-0.4, -0.2) is 51.2 Å². The first-order valence-electron chi connectivity index (χ1n) is 12.3. The van der Waals surface area contributed by atoms with E-state index in [1.54, 1.807) is 0 Å². The lowest BCUT2D eigenvalue weighted by molar-refractivity contribution is 0.0965. The van der Waals surface area contributed by atoms with Crippen LogP contribution in [0.4, 0.5) is 22.7 Å². The Labute approximate surface area is 211 Å². The van der Waals surface area contributed by atoms with Crippen LogP contribution in [0, 0.1) is 0 Å². The van der Waals surface area contributed by atoms with Crippen molar-refractivity contribution in [2.45, 2.75) is 39.5 Å². The van der Waals surface area contributed by atoms with Gasteiger partial charge in [-0.3, -0.25) is 9.59 Å². The molecule has 0 aromatic heterocycles. The maximum atomic E-state index is 13.6. The molecule has 0 saturated heterocycles. The van der Waals surface area contributed by atoms with Crippen LogP contribution in [0.2, 0.25) is 0 Å². The van der Waals surface area contributed by atoms with Gasteiger partial charge in [0.2, 0.25) is 0 Å². The fourth-order valence-corrected chi connectivity index (χ4v) is 3.95. The van der Waals surface area contributed by atoms with Gasteiger partial charge in [-0.05, 0) is 12.8 Å². The van der Waals surface area contributed by atoms with Crippen molar-refractivity contribution in [1.29, 1.82) is 0 Å². The van der Waals surface area contributed by atoms with Crippen LogP contribution in [0.1, 0.15) is 71.4 Å². The average molecular weight is 501 g/mol. The minimum Gasteiger partial charge on any atom is -0.489 e. The van der Waals surface area contributed by atoms with E-state index in [0.29, 0.717) is 26.4 Å². The highest BCUT2D eigenvalue weighted by Gasteiger charge is 2.38. The number of unbranched alkanes of at least 4 members (excludes halogenated alkanes) is 2. The zero-order chi connectivity index (χ0) is 26.2. The number of rotatable bonds is 14. The van der Waals surface area contributed by atoms with Crippen LogP contribution < -0.4 is 32.4 Å². The largest absolute Gasteiger partial charge is 0.489 e. The molecule has 196 valence electrons. The summed E-state index contributed by atoms with van der Waals surface area (Å²) < 4.78 is 22.4. The normalized spacial score (nSPS) is 12.4. The van der Waals surface area contributed by atoms with Crippen LogP contribution in [0.5, 0.6) is 11.5 Å². The summed E-state index contributed by atoms with van der Waals surface area (Å²) in [6.45, 7) is 6.51. The Kier molecular flexibility index (Phi) is 9.38. The molecule has 0 saturated carbocycles. The Bertz CT molecular complexity index is 1040. The number of ketones is 2. The van der Waals surface area contributed by atoms with Crippen molar-refractivity contribution in [1.82, 2.24) is 0 Å². The Balaban J connectivity index is 1.87. The maximum absolute atomic E-state index is 13.6. The van der Waals surface area contributed by atoms with Gasteiger partial charge in [0.1, 0.15) is 24.7 Å². The summed E-state index contributed by atoms with van der Waals surface area (Å²) >= 11 is 0. The topological polar surface area (TPSA) is 175 Å². The maximum Gasteiger partial charge on any atom is 0.199 e. The third kappa shape index (κ3) is 5.66. The van der Waals surface area contributed by atoms with E-state index in [2.05, 4.69) is 13.8 Å². The molecule has 0 unspecified atom stereocenters. The van der Waals surface area contributed by atoms with E-state index in [4.69, 9.17) is 41.9 Å². The third-order valence-electron chi connectivity index (χ3n) is 5.88. The van der Waals surface area contributed by atoms with E-state index in [9.17, 15) is 9.59 Å². The molecule has 2 aromatic rings. The highest BCUT2D eigenvalue weighted by Crippen LogP contribution is 2.44. The standard InChI is InChI=1S/C26H36N4O6/c1-3-5-7-33-9-11-35-17-13-15(27)19-21(23(17)29)26(32)22-20(25(19)31)16(28)14-18(24(22)30)36-12-10-34-8-6-4-2/h13-14H,3-12,27-30H2,1-2H3. The highest BCUT2D eigenvalue weighted by molar-refractivity contribution is 6.35. The first kappa shape index (κ1) is 27.1. The summed E-state index contributed by atoms with van der Waals surface area (Å²) in [6.07, 6.45) is 3.96. The zero-order valence-electron chi connectivity index (χ0n) is 21.0. The van der Waals surface area contributed by atoms with Gasteiger partial charge in [-0.2, -0.15) is 0 Å². The number of nitrogen functional groups attached to an aromatic ring is 4. The number of nitrogens with two attached hydrogens (primary N) is 4. The van der Waals surface area contributed by atoms with E-state index in [0.717, 1.165) is 25.7 Å². The van der Waals surface area contributed by atoms with E-state index >= 15 is 0 Å².